The van der Waals surface area contributed by atoms with Gasteiger partial charge in [-0.05, 0) is 89.1 Å². The zero-order chi connectivity index (χ0) is 26.5. The van der Waals surface area contributed by atoms with E-state index in [0.717, 1.165) is 5.56 Å². The summed E-state index contributed by atoms with van der Waals surface area (Å²) < 4.78 is 0. The van der Waals surface area contributed by atoms with Crippen molar-refractivity contribution in [1.82, 2.24) is 4.98 Å². The van der Waals surface area contributed by atoms with Crippen LogP contribution in [0, 0.1) is 0 Å². The van der Waals surface area contributed by atoms with Crippen molar-refractivity contribution in [3.05, 3.63) is 152 Å². The van der Waals surface area contributed by atoms with Crippen molar-refractivity contribution in [2.24, 2.45) is 0 Å². The summed E-state index contributed by atoms with van der Waals surface area (Å²) in [6.45, 7) is 0. The molecule has 1 heterocycles. The molecular formula is C39H25N. The van der Waals surface area contributed by atoms with Crippen LogP contribution in [0.2, 0.25) is 0 Å². The van der Waals surface area contributed by atoms with Crippen molar-refractivity contribution in [2.45, 2.75) is 0 Å². The average molecular weight is 508 g/mol. The molecule has 0 aliphatic rings. The number of fused-ring (bicyclic) bond motifs is 4. The van der Waals surface area contributed by atoms with Crippen LogP contribution in [-0.4, -0.2) is 4.98 Å². The quantitative estimate of drug-likeness (QED) is 0.217. The maximum absolute atomic E-state index is 4.32. The molecule has 0 N–H and O–H groups in total. The highest BCUT2D eigenvalue weighted by molar-refractivity contribution is 6.23. The molecule has 8 rings (SSSR count). The van der Waals surface area contributed by atoms with Crippen LogP contribution in [0.25, 0.3) is 76.5 Å². The fourth-order valence-corrected chi connectivity index (χ4v) is 6.29. The maximum atomic E-state index is 4.32. The molecule has 0 aliphatic heterocycles. The molecule has 1 aromatic heterocycles. The molecule has 0 bridgehead atoms. The van der Waals surface area contributed by atoms with Gasteiger partial charge < -0.3 is 0 Å². The topological polar surface area (TPSA) is 12.9 Å². The molecule has 8 aromatic rings. The Morgan fingerprint density at radius 2 is 0.975 bits per heavy atom. The molecule has 0 radical (unpaired) electrons. The number of hydrogen-bond acceptors (Lipinski definition) is 1. The van der Waals surface area contributed by atoms with Crippen LogP contribution in [0.4, 0.5) is 0 Å². The van der Waals surface area contributed by atoms with E-state index in [9.17, 15) is 0 Å². The van der Waals surface area contributed by atoms with Crippen molar-refractivity contribution in [1.29, 1.82) is 0 Å². The smallest absolute Gasteiger partial charge is 0.0346 e. The minimum Gasteiger partial charge on any atom is -0.264 e. The second-order valence-corrected chi connectivity index (χ2v) is 10.4. The lowest BCUT2D eigenvalue weighted by atomic mass is 9.84. The minimum absolute atomic E-state index is 1.13. The summed E-state index contributed by atoms with van der Waals surface area (Å²) in [7, 11) is 0. The number of pyridine rings is 1. The van der Waals surface area contributed by atoms with Gasteiger partial charge in [0.05, 0.1) is 0 Å². The molecule has 7 aromatic carbocycles. The van der Waals surface area contributed by atoms with Gasteiger partial charge in [-0.2, -0.15) is 0 Å². The predicted octanol–water partition coefficient (Wildman–Crippen LogP) is 10.7. The van der Waals surface area contributed by atoms with E-state index in [1.54, 1.807) is 0 Å². The van der Waals surface area contributed by atoms with Crippen LogP contribution in [0.1, 0.15) is 0 Å². The van der Waals surface area contributed by atoms with Crippen molar-refractivity contribution in [3.63, 3.8) is 0 Å². The summed E-state index contributed by atoms with van der Waals surface area (Å²) in [6.07, 6.45) is 3.75. The zero-order valence-corrected chi connectivity index (χ0v) is 21.9. The predicted molar refractivity (Wildman–Crippen MR) is 171 cm³/mol. The highest BCUT2D eigenvalue weighted by Crippen LogP contribution is 2.45. The lowest BCUT2D eigenvalue weighted by Crippen LogP contribution is -1.92. The standard InChI is InChI=1S/C39H25N/c1-2-10-27-24-30(19-18-26(27)9-1)38-34-13-3-5-15-36(34)39(37-16-6-4-14-35(37)38)33-17-7-11-29-23-28(20-21-32(29)33)31-12-8-22-40-25-31/h1-25H. The monoisotopic (exact) mass is 507 g/mol. The van der Waals surface area contributed by atoms with Gasteiger partial charge in [-0.15, -0.1) is 0 Å². The van der Waals surface area contributed by atoms with Gasteiger partial charge in [-0.3, -0.25) is 4.98 Å². The number of rotatable bonds is 3. The van der Waals surface area contributed by atoms with Gasteiger partial charge >= 0.3 is 0 Å². The van der Waals surface area contributed by atoms with Crippen molar-refractivity contribution < 1.29 is 0 Å². The molecule has 0 saturated heterocycles. The number of aromatic nitrogens is 1. The largest absolute Gasteiger partial charge is 0.264 e. The Hall–Kier alpha value is -5.27. The fourth-order valence-electron chi connectivity index (χ4n) is 6.29. The van der Waals surface area contributed by atoms with Crippen LogP contribution < -0.4 is 0 Å². The summed E-state index contributed by atoms with van der Waals surface area (Å²) in [5, 5.41) is 10.1. The van der Waals surface area contributed by atoms with E-state index in [1.165, 1.54) is 70.9 Å². The van der Waals surface area contributed by atoms with Gasteiger partial charge in [0.25, 0.3) is 0 Å². The van der Waals surface area contributed by atoms with E-state index >= 15 is 0 Å². The highest BCUT2D eigenvalue weighted by atomic mass is 14.6. The summed E-state index contributed by atoms with van der Waals surface area (Å²) in [5.41, 5.74) is 7.39. The molecule has 0 spiro atoms. The van der Waals surface area contributed by atoms with E-state index in [0.29, 0.717) is 0 Å². The molecule has 0 aliphatic carbocycles. The Balaban J connectivity index is 1.44. The van der Waals surface area contributed by atoms with Gasteiger partial charge in [-0.1, -0.05) is 121 Å². The summed E-state index contributed by atoms with van der Waals surface area (Å²) >= 11 is 0. The normalized spacial score (nSPS) is 11.5. The molecule has 186 valence electrons. The minimum atomic E-state index is 1.13. The lowest BCUT2D eigenvalue weighted by Gasteiger charge is -2.19. The molecule has 1 nitrogen and oxygen atoms in total. The summed E-state index contributed by atoms with van der Waals surface area (Å²) in [5.74, 6) is 0. The first-order valence-electron chi connectivity index (χ1n) is 13.7. The van der Waals surface area contributed by atoms with E-state index in [1.807, 2.05) is 18.5 Å². The van der Waals surface area contributed by atoms with Gasteiger partial charge in [-0.25, -0.2) is 0 Å². The molecule has 0 unspecified atom stereocenters. The van der Waals surface area contributed by atoms with E-state index < -0.39 is 0 Å². The molecule has 0 fully saturated rings. The third-order valence-electron chi connectivity index (χ3n) is 8.11. The molecule has 1 heteroatoms. The van der Waals surface area contributed by atoms with Crippen LogP contribution in [-0.2, 0) is 0 Å². The van der Waals surface area contributed by atoms with Gasteiger partial charge in [0, 0.05) is 18.0 Å². The zero-order valence-electron chi connectivity index (χ0n) is 21.9. The van der Waals surface area contributed by atoms with Crippen molar-refractivity contribution in [2.75, 3.05) is 0 Å². The van der Waals surface area contributed by atoms with Gasteiger partial charge in [0.1, 0.15) is 0 Å². The number of nitrogens with zero attached hydrogens (tertiary/aromatic N) is 1. The fraction of sp³-hybridized carbons (Fsp3) is 0. The summed E-state index contributed by atoms with van der Waals surface area (Å²) in [6, 6.07) is 50.8. The average Bonchev–Trinajstić information content (AvgIpc) is 3.03. The first-order valence-corrected chi connectivity index (χ1v) is 13.7. The van der Waals surface area contributed by atoms with Crippen LogP contribution in [0.5, 0.6) is 0 Å². The third kappa shape index (κ3) is 3.60. The van der Waals surface area contributed by atoms with Crippen molar-refractivity contribution in [3.8, 4) is 33.4 Å². The van der Waals surface area contributed by atoms with Gasteiger partial charge in [0.15, 0.2) is 0 Å². The van der Waals surface area contributed by atoms with Crippen LogP contribution in [0.15, 0.2) is 152 Å². The Kier molecular flexibility index (Phi) is 5.21. The molecule has 0 amide bonds. The van der Waals surface area contributed by atoms with E-state index in [2.05, 4.69) is 138 Å². The molecule has 0 atom stereocenters. The Bertz CT molecular complexity index is 2150. The number of benzene rings is 7. The van der Waals surface area contributed by atoms with Gasteiger partial charge in [0.2, 0.25) is 0 Å². The second-order valence-electron chi connectivity index (χ2n) is 10.4. The molecular weight excluding hydrogens is 482 g/mol. The number of hydrogen-bond donors (Lipinski definition) is 0. The van der Waals surface area contributed by atoms with E-state index in [-0.39, 0.29) is 0 Å². The Morgan fingerprint density at radius 1 is 0.350 bits per heavy atom. The van der Waals surface area contributed by atoms with Crippen LogP contribution >= 0.6 is 0 Å². The second kappa shape index (κ2) is 9.18. The molecule has 40 heavy (non-hydrogen) atoms. The third-order valence-corrected chi connectivity index (χ3v) is 8.11. The Morgan fingerprint density at radius 3 is 1.70 bits per heavy atom. The highest BCUT2D eigenvalue weighted by Gasteiger charge is 2.18. The first-order chi connectivity index (χ1) is 19.8. The molecule has 0 saturated carbocycles. The first kappa shape index (κ1) is 22.7. The van der Waals surface area contributed by atoms with E-state index in [4.69, 9.17) is 0 Å². The Labute approximate surface area is 233 Å². The van der Waals surface area contributed by atoms with Crippen molar-refractivity contribution >= 4 is 43.1 Å². The SMILES string of the molecule is c1cncc(-c2ccc3c(-c4c5ccccc5c(-c5ccc6ccccc6c5)c5ccccc45)cccc3c2)c1. The van der Waals surface area contributed by atoms with Crippen LogP contribution in [0.3, 0.4) is 0 Å². The lowest BCUT2D eigenvalue weighted by molar-refractivity contribution is 1.33. The maximum Gasteiger partial charge on any atom is 0.0346 e. The summed E-state index contributed by atoms with van der Waals surface area (Å²) in [4.78, 5) is 4.32.